The summed E-state index contributed by atoms with van der Waals surface area (Å²) in [5, 5.41) is 12.8. The maximum atomic E-state index is 13.9. The normalized spacial score (nSPS) is 15.4. The van der Waals surface area contributed by atoms with Crippen molar-refractivity contribution in [1.82, 2.24) is 30.1 Å². The number of nitrogen functional groups attached to an aromatic ring is 1. The molecule has 43 heavy (non-hydrogen) atoms. The number of rotatable bonds is 12. The van der Waals surface area contributed by atoms with Crippen LogP contribution >= 0.6 is 11.6 Å². The first kappa shape index (κ1) is 29.8. The fraction of sp³-hybridized carbons (Fsp3) is 0.281. The van der Waals surface area contributed by atoms with Gasteiger partial charge in [-0.3, -0.25) is 14.5 Å². The average molecular weight is 597 g/mol. The number of aromatic nitrogens is 3. The molecule has 4 aromatic rings. The van der Waals surface area contributed by atoms with Crippen LogP contribution in [0.3, 0.4) is 0 Å². The van der Waals surface area contributed by atoms with Gasteiger partial charge < -0.3 is 20.9 Å². The van der Waals surface area contributed by atoms with Crippen LogP contribution in [0, 0.1) is 11.3 Å². The predicted molar refractivity (Wildman–Crippen MR) is 164 cm³/mol. The number of nitrogens with one attached hydrogen (secondary N) is 2. The molecule has 0 aliphatic carbocycles. The van der Waals surface area contributed by atoms with Crippen LogP contribution in [0.1, 0.15) is 51.6 Å². The minimum atomic E-state index is -0.358. The van der Waals surface area contributed by atoms with Gasteiger partial charge in [0.2, 0.25) is 5.91 Å². The van der Waals surface area contributed by atoms with Gasteiger partial charge in [0.25, 0.3) is 5.91 Å². The molecule has 0 spiro atoms. The minimum Gasteiger partial charge on any atom is -0.384 e. The lowest BCUT2D eigenvalue weighted by atomic mass is 9.98. The number of anilines is 1. The summed E-state index contributed by atoms with van der Waals surface area (Å²) >= 11 is 6.20. The van der Waals surface area contributed by atoms with Crippen molar-refractivity contribution in [2.75, 3.05) is 25.4 Å². The Kier molecular flexibility index (Phi) is 9.66. The monoisotopic (exact) mass is 596 g/mol. The molecule has 2 atom stereocenters. The van der Waals surface area contributed by atoms with Crippen molar-refractivity contribution in [2.24, 2.45) is 0 Å². The quantitative estimate of drug-likeness (QED) is 0.209. The Balaban J connectivity index is 1.35. The number of nitrogens with two attached hydrogens (primary N) is 1. The number of pyridine rings is 1. The summed E-state index contributed by atoms with van der Waals surface area (Å²) in [6.07, 6.45) is 6.78. The van der Waals surface area contributed by atoms with Crippen molar-refractivity contribution >= 4 is 29.2 Å². The number of imidazole rings is 1. The number of carbonyl (C=O) groups is 2. The lowest BCUT2D eigenvalue weighted by Crippen LogP contribution is -2.45. The van der Waals surface area contributed by atoms with Gasteiger partial charge in [-0.1, -0.05) is 35.9 Å². The third kappa shape index (κ3) is 7.57. The number of carbonyl (C=O) groups excluding carboxylic acids is 2. The van der Waals surface area contributed by atoms with E-state index < -0.39 is 0 Å². The number of H-pyrrole nitrogens is 1. The van der Waals surface area contributed by atoms with Crippen LogP contribution in [0.5, 0.6) is 0 Å². The third-order valence-electron chi connectivity index (χ3n) is 7.65. The van der Waals surface area contributed by atoms with Gasteiger partial charge in [-0.05, 0) is 66.8 Å². The molecule has 1 aliphatic rings. The van der Waals surface area contributed by atoms with Crippen LogP contribution in [-0.2, 0) is 17.8 Å². The van der Waals surface area contributed by atoms with Crippen LogP contribution in [0.4, 0.5) is 5.82 Å². The van der Waals surface area contributed by atoms with E-state index in [2.05, 4.69) is 31.2 Å². The number of hydrogen-bond donors (Lipinski definition) is 3. The maximum Gasteiger partial charge on any atom is 0.252 e. The van der Waals surface area contributed by atoms with Crippen molar-refractivity contribution in [2.45, 2.75) is 37.9 Å². The van der Waals surface area contributed by atoms with E-state index >= 15 is 0 Å². The van der Waals surface area contributed by atoms with E-state index in [1.165, 1.54) is 6.20 Å². The summed E-state index contributed by atoms with van der Waals surface area (Å²) < 4.78 is 0. The number of nitriles is 1. The first-order valence-electron chi connectivity index (χ1n) is 14.2. The van der Waals surface area contributed by atoms with Crippen molar-refractivity contribution < 1.29 is 9.59 Å². The Morgan fingerprint density at radius 3 is 2.72 bits per heavy atom. The molecule has 3 heterocycles. The number of likely N-dealkylation sites (tertiary alicyclic amines) is 1. The van der Waals surface area contributed by atoms with Gasteiger partial charge in [0, 0.05) is 43.6 Å². The van der Waals surface area contributed by atoms with Gasteiger partial charge in [0.05, 0.1) is 41.3 Å². The SMILES string of the molecule is N#Cc1ccc(CC(c2cnc[nH]2)N(CCCNC(=O)c2ccc(N)nc2)[C@H]2CCN(Cc3cccc(Cl)c3)C2=O)cc1. The van der Waals surface area contributed by atoms with Gasteiger partial charge in [-0.2, -0.15) is 5.26 Å². The Morgan fingerprint density at radius 2 is 2.02 bits per heavy atom. The van der Waals surface area contributed by atoms with E-state index in [9.17, 15) is 14.9 Å². The first-order valence-corrected chi connectivity index (χ1v) is 14.5. The van der Waals surface area contributed by atoms with Crippen LogP contribution in [0.15, 0.2) is 79.4 Å². The Morgan fingerprint density at radius 1 is 1.19 bits per heavy atom. The van der Waals surface area contributed by atoms with Crippen molar-refractivity contribution in [1.29, 1.82) is 5.26 Å². The highest BCUT2D eigenvalue weighted by Crippen LogP contribution is 2.31. The Hall–Kier alpha value is -4.72. The van der Waals surface area contributed by atoms with Gasteiger partial charge in [0.1, 0.15) is 5.82 Å². The molecule has 11 heteroatoms. The summed E-state index contributed by atoms with van der Waals surface area (Å²) in [5.74, 6) is 0.178. The lowest BCUT2D eigenvalue weighted by Gasteiger charge is -2.35. The zero-order chi connectivity index (χ0) is 30.2. The Labute approximate surface area is 255 Å². The molecule has 2 amide bonds. The zero-order valence-corrected chi connectivity index (χ0v) is 24.4. The summed E-state index contributed by atoms with van der Waals surface area (Å²) in [5.41, 5.74) is 9.58. The molecular weight excluding hydrogens is 564 g/mol. The van der Waals surface area contributed by atoms with Crippen LogP contribution in [0.25, 0.3) is 0 Å². The lowest BCUT2D eigenvalue weighted by molar-refractivity contribution is -0.133. The molecule has 4 N–H and O–H groups in total. The van der Waals surface area contributed by atoms with E-state index in [4.69, 9.17) is 17.3 Å². The van der Waals surface area contributed by atoms with E-state index in [1.807, 2.05) is 41.3 Å². The summed E-state index contributed by atoms with van der Waals surface area (Å²) in [6.45, 7) is 2.08. The molecule has 0 radical (unpaired) electrons. The second-order valence-electron chi connectivity index (χ2n) is 10.5. The molecule has 0 saturated carbocycles. The fourth-order valence-electron chi connectivity index (χ4n) is 5.47. The molecule has 1 unspecified atom stereocenters. The highest BCUT2D eigenvalue weighted by atomic mass is 35.5. The highest BCUT2D eigenvalue weighted by Gasteiger charge is 2.39. The van der Waals surface area contributed by atoms with Crippen molar-refractivity contribution in [3.8, 4) is 6.07 Å². The number of halogens is 1. The van der Waals surface area contributed by atoms with Gasteiger partial charge >= 0.3 is 0 Å². The minimum absolute atomic E-state index is 0.0568. The fourth-order valence-corrected chi connectivity index (χ4v) is 5.68. The zero-order valence-electron chi connectivity index (χ0n) is 23.6. The smallest absolute Gasteiger partial charge is 0.252 e. The molecule has 220 valence electrons. The molecule has 5 rings (SSSR count). The third-order valence-corrected chi connectivity index (χ3v) is 7.89. The number of benzene rings is 2. The first-order chi connectivity index (χ1) is 20.9. The summed E-state index contributed by atoms with van der Waals surface area (Å²) in [7, 11) is 0. The topological polar surface area (TPSA) is 144 Å². The van der Waals surface area contributed by atoms with Crippen molar-refractivity contribution in [3.63, 3.8) is 0 Å². The number of aromatic amines is 1. The number of nitrogens with zero attached hydrogens (tertiary/aromatic N) is 5. The molecule has 0 bridgehead atoms. The predicted octanol–water partition coefficient (Wildman–Crippen LogP) is 4.12. The number of amides is 2. The van der Waals surface area contributed by atoms with Crippen LogP contribution in [0.2, 0.25) is 5.02 Å². The van der Waals surface area contributed by atoms with E-state index in [0.717, 1.165) is 16.8 Å². The molecule has 1 fully saturated rings. The van der Waals surface area contributed by atoms with Gasteiger partial charge in [-0.25, -0.2) is 9.97 Å². The molecule has 2 aromatic carbocycles. The van der Waals surface area contributed by atoms with Crippen LogP contribution < -0.4 is 11.1 Å². The molecule has 1 saturated heterocycles. The Bertz CT molecular complexity index is 1570. The largest absolute Gasteiger partial charge is 0.384 e. The standard InChI is InChI=1S/C32H33ClN8O2/c33-26-4-1-3-24(15-26)20-40-14-11-28(32(40)43)41(13-2-12-37-31(42)25-9-10-30(35)38-18-25)29(27-19-36-21-39-27)16-22-5-7-23(17-34)8-6-22/h1,3-10,15,18-19,21,28-29H,2,11-14,16,20H2,(H2,35,38)(H,36,39)(H,37,42)/t28-,29?/m0/s1. The van der Waals surface area contributed by atoms with Crippen molar-refractivity contribution in [3.05, 3.63) is 112 Å². The van der Waals surface area contributed by atoms with E-state index in [-0.39, 0.29) is 23.9 Å². The highest BCUT2D eigenvalue weighted by molar-refractivity contribution is 6.30. The second-order valence-corrected chi connectivity index (χ2v) is 11.0. The van der Waals surface area contributed by atoms with Gasteiger partial charge in [0.15, 0.2) is 0 Å². The van der Waals surface area contributed by atoms with Gasteiger partial charge in [-0.15, -0.1) is 0 Å². The molecule has 10 nitrogen and oxygen atoms in total. The molecule has 2 aromatic heterocycles. The van der Waals surface area contributed by atoms with E-state index in [0.29, 0.717) is 67.4 Å². The second kappa shape index (κ2) is 14.0. The molecular formula is C32H33ClN8O2. The van der Waals surface area contributed by atoms with E-state index in [1.54, 1.807) is 36.8 Å². The summed E-state index contributed by atoms with van der Waals surface area (Å²) in [6, 6.07) is 19.9. The average Bonchev–Trinajstić information content (AvgIpc) is 3.67. The number of hydrogen-bond acceptors (Lipinski definition) is 7. The molecule has 1 aliphatic heterocycles. The maximum absolute atomic E-state index is 13.9. The summed E-state index contributed by atoms with van der Waals surface area (Å²) in [4.78, 5) is 42.2. The van der Waals surface area contributed by atoms with Crippen LogP contribution in [-0.4, -0.2) is 62.2 Å².